The number of hydrogen-bond acceptors (Lipinski definition) is 2. The van der Waals surface area contributed by atoms with Crippen molar-refractivity contribution in [3.05, 3.63) is 29.8 Å². The fourth-order valence-electron chi connectivity index (χ4n) is 0.924. The van der Waals surface area contributed by atoms with Crippen LogP contribution in [0, 0.1) is 0 Å². The third kappa shape index (κ3) is 2.48. The first-order chi connectivity index (χ1) is 6.63. The van der Waals surface area contributed by atoms with Crippen LogP contribution in [0.1, 0.15) is 10.4 Å². The van der Waals surface area contributed by atoms with E-state index in [0.717, 1.165) is 0 Å². The Labute approximate surface area is 80.7 Å². The number of carbonyl (C=O) groups excluding carboxylic acids is 1. The molecule has 0 heterocycles. The second kappa shape index (κ2) is 4.27. The monoisotopic (exact) mass is 194 g/mol. The fourth-order valence-corrected chi connectivity index (χ4v) is 0.924. The summed E-state index contributed by atoms with van der Waals surface area (Å²) in [6.45, 7) is 0. The zero-order valence-corrected chi connectivity index (χ0v) is 7.57. The Balaban J connectivity index is 2.83. The van der Waals surface area contributed by atoms with E-state index in [1.807, 2.05) is 0 Å². The molecule has 0 aliphatic heterocycles. The number of carboxylic acids is 1. The first-order valence-corrected chi connectivity index (χ1v) is 3.95. The lowest BCUT2D eigenvalue weighted by Crippen LogP contribution is -2.24. The number of nitrogens with one attached hydrogen (secondary N) is 2. The van der Waals surface area contributed by atoms with Crippen LogP contribution in [0.2, 0.25) is 0 Å². The maximum absolute atomic E-state index is 10.9. The van der Waals surface area contributed by atoms with Crippen LogP contribution in [-0.4, -0.2) is 24.2 Å². The Morgan fingerprint density at radius 3 is 2.64 bits per heavy atom. The van der Waals surface area contributed by atoms with Gasteiger partial charge in [0.15, 0.2) is 0 Å². The molecule has 0 spiro atoms. The van der Waals surface area contributed by atoms with Gasteiger partial charge in [0.05, 0.1) is 5.56 Å². The van der Waals surface area contributed by atoms with Crippen molar-refractivity contribution in [3.63, 3.8) is 0 Å². The zero-order chi connectivity index (χ0) is 10.6. The Morgan fingerprint density at radius 1 is 1.36 bits per heavy atom. The number of anilines is 1. The van der Waals surface area contributed by atoms with Crippen LogP contribution < -0.4 is 10.6 Å². The van der Waals surface area contributed by atoms with Crippen LogP contribution in [0.15, 0.2) is 24.3 Å². The average Bonchev–Trinajstić information content (AvgIpc) is 2.18. The Hall–Kier alpha value is -2.04. The molecule has 3 N–H and O–H groups in total. The van der Waals surface area contributed by atoms with Crippen molar-refractivity contribution < 1.29 is 14.7 Å². The van der Waals surface area contributed by atoms with Crippen molar-refractivity contribution in [3.8, 4) is 0 Å². The lowest BCUT2D eigenvalue weighted by molar-refractivity contribution is 0.0697. The highest BCUT2D eigenvalue weighted by molar-refractivity contribution is 5.92. The topological polar surface area (TPSA) is 78.4 Å². The largest absolute Gasteiger partial charge is 0.478 e. The number of hydrogen-bond donors (Lipinski definition) is 3. The predicted octanol–water partition coefficient (Wildman–Crippen LogP) is 1.14. The molecule has 2 amide bonds. The molecule has 0 bridgehead atoms. The molecule has 5 nitrogen and oxygen atoms in total. The van der Waals surface area contributed by atoms with Gasteiger partial charge in [0.25, 0.3) is 0 Å². The van der Waals surface area contributed by atoms with E-state index < -0.39 is 5.97 Å². The smallest absolute Gasteiger partial charge is 0.335 e. The van der Waals surface area contributed by atoms with Gasteiger partial charge in [-0.2, -0.15) is 0 Å². The molecular weight excluding hydrogens is 184 g/mol. The molecule has 0 atom stereocenters. The molecule has 74 valence electrons. The number of amides is 2. The number of aromatic carboxylic acids is 1. The second-order valence-corrected chi connectivity index (χ2v) is 2.59. The molecule has 0 aliphatic rings. The molecule has 0 radical (unpaired) electrons. The maximum Gasteiger partial charge on any atom is 0.335 e. The molecule has 1 rings (SSSR count). The number of benzene rings is 1. The summed E-state index contributed by atoms with van der Waals surface area (Å²) in [5, 5.41) is 13.5. The van der Waals surface area contributed by atoms with Gasteiger partial charge in [0.1, 0.15) is 0 Å². The van der Waals surface area contributed by atoms with Crippen LogP contribution in [0.25, 0.3) is 0 Å². The summed E-state index contributed by atoms with van der Waals surface area (Å²) < 4.78 is 0. The first kappa shape index (κ1) is 10.0. The maximum atomic E-state index is 10.9. The summed E-state index contributed by atoms with van der Waals surface area (Å²) in [6, 6.07) is 5.64. The molecule has 0 aromatic heterocycles. The molecule has 0 unspecified atom stereocenters. The zero-order valence-electron chi connectivity index (χ0n) is 7.57. The van der Waals surface area contributed by atoms with Crippen molar-refractivity contribution in [2.45, 2.75) is 0 Å². The molecule has 0 saturated carbocycles. The van der Waals surface area contributed by atoms with Crippen LogP contribution in [0.4, 0.5) is 10.5 Å². The molecule has 14 heavy (non-hydrogen) atoms. The van der Waals surface area contributed by atoms with Gasteiger partial charge in [-0.3, -0.25) is 0 Å². The van der Waals surface area contributed by atoms with Gasteiger partial charge in [0, 0.05) is 12.7 Å². The number of carboxylic acid groups (broad SMARTS) is 1. The van der Waals surface area contributed by atoms with Crippen molar-refractivity contribution in [2.75, 3.05) is 12.4 Å². The van der Waals surface area contributed by atoms with Crippen molar-refractivity contribution >= 4 is 17.7 Å². The van der Waals surface area contributed by atoms with E-state index in [0.29, 0.717) is 5.69 Å². The normalized spacial score (nSPS) is 9.21. The minimum absolute atomic E-state index is 0.138. The lowest BCUT2D eigenvalue weighted by Gasteiger charge is -2.04. The van der Waals surface area contributed by atoms with E-state index >= 15 is 0 Å². The molecule has 1 aromatic rings. The van der Waals surface area contributed by atoms with Gasteiger partial charge in [-0.25, -0.2) is 9.59 Å². The summed E-state index contributed by atoms with van der Waals surface area (Å²) in [5.74, 6) is -1.02. The minimum atomic E-state index is -1.02. The number of carbonyl (C=O) groups is 2. The van der Waals surface area contributed by atoms with E-state index in [2.05, 4.69) is 10.6 Å². The summed E-state index contributed by atoms with van der Waals surface area (Å²) >= 11 is 0. The van der Waals surface area contributed by atoms with Gasteiger partial charge in [-0.15, -0.1) is 0 Å². The molecule has 5 heteroatoms. The summed E-state index contributed by atoms with van der Waals surface area (Å²) in [5.41, 5.74) is 0.586. The Kier molecular flexibility index (Phi) is 3.06. The molecule has 0 fully saturated rings. The highest BCUT2D eigenvalue weighted by atomic mass is 16.4. The van der Waals surface area contributed by atoms with E-state index in [1.54, 1.807) is 12.1 Å². The Morgan fingerprint density at radius 2 is 2.07 bits per heavy atom. The van der Waals surface area contributed by atoms with Gasteiger partial charge < -0.3 is 15.7 Å². The van der Waals surface area contributed by atoms with E-state index in [4.69, 9.17) is 5.11 Å². The first-order valence-electron chi connectivity index (χ1n) is 3.95. The van der Waals surface area contributed by atoms with Crippen molar-refractivity contribution in [1.29, 1.82) is 0 Å². The number of rotatable bonds is 2. The van der Waals surface area contributed by atoms with Gasteiger partial charge >= 0.3 is 12.0 Å². The van der Waals surface area contributed by atoms with E-state index in [1.165, 1.54) is 19.2 Å². The van der Waals surface area contributed by atoms with Crippen LogP contribution >= 0.6 is 0 Å². The van der Waals surface area contributed by atoms with E-state index in [9.17, 15) is 9.59 Å². The molecular formula is C9H10N2O3. The SMILES string of the molecule is CNC(=O)Nc1cccc(C(=O)O)c1. The third-order valence-electron chi connectivity index (χ3n) is 1.59. The summed E-state index contributed by atoms with van der Waals surface area (Å²) in [6.07, 6.45) is 0. The third-order valence-corrected chi connectivity index (χ3v) is 1.59. The van der Waals surface area contributed by atoms with Crippen LogP contribution in [0.5, 0.6) is 0 Å². The Bertz CT molecular complexity index is 363. The highest BCUT2D eigenvalue weighted by Gasteiger charge is 2.04. The minimum Gasteiger partial charge on any atom is -0.478 e. The predicted molar refractivity (Wildman–Crippen MR) is 51.5 cm³/mol. The number of urea groups is 1. The van der Waals surface area contributed by atoms with Crippen LogP contribution in [-0.2, 0) is 0 Å². The van der Waals surface area contributed by atoms with Gasteiger partial charge in [0.2, 0.25) is 0 Å². The molecule has 1 aromatic carbocycles. The van der Waals surface area contributed by atoms with Crippen molar-refractivity contribution in [1.82, 2.24) is 5.32 Å². The molecule has 0 saturated heterocycles. The standard InChI is InChI=1S/C9H10N2O3/c1-10-9(14)11-7-4-2-3-6(5-7)8(12)13/h2-5H,1H3,(H,12,13)(H2,10,11,14). The highest BCUT2D eigenvalue weighted by Crippen LogP contribution is 2.10. The van der Waals surface area contributed by atoms with Crippen molar-refractivity contribution in [2.24, 2.45) is 0 Å². The second-order valence-electron chi connectivity index (χ2n) is 2.59. The van der Waals surface area contributed by atoms with Gasteiger partial charge in [-0.1, -0.05) is 6.07 Å². The van der Waals surface area contributed by atoms with Gasteiger partial charge in [-0.05, 0) is 18.2 Å². The van der Waals surface area contributed by atoms with E-state index in [-0.39, 0.29) is 11.6 Å². The molecule has 0 aliphatic carbocycles. The fraction of sp³-hybridized carbons (Fsp3) is 0.111. The summed E-state index contributed by atoms with van der Waals surface area (Å²) in [4.78, 5) is 21.5. The summed E-state index contributed by atoms with van der Waals surface area (Å²) in [7, 11) is 1.48. The quantitative estimate of drug-likeness (QED) is 0.660. The lowest BCUT2D eigenvalue weighted by atomic mass is 10.2. The van der Waals surface area contributed by atoms with Crippen LogP contribution in [0.3, 0.4) is 0 Å². The average molecular weight is 194 g/mol.